The van der Waals surface area contributed by atoms with E-state index in [1.165, 1.54) is 18.4 Å². The van der Waals surface area contributed by atoms with Crippen LogP contribution < -0.4 is 5.32 Å². The SMILES string of the molecule is Cc1cccc(Cl)c1NC(C)CCC(C)C. The van der Waals surface area contributed by atoms with Crippen molar-refractivity contribution in [2.75, 3.05) is 5.32 Å². The minimum Gasteiger partial charge on any atom is -0.381 e. The Balaban J connectivity index is 2.59. The first kappa shape index (κ1) is 13.4. The van der Waals surface area contributed by atoms with Crippen LogP contribution in [0.2, 0.25) is 5.02 Å². The second kappa shape index (κ2) is 6.15. The molecule has 0 heterocycles. The lowest BCUT2D eigenvalue weighted by atomic mass is 10.0. The second-order valence-electron chi connectivity index (χ2n) is 4.95. The van der Waals surface area contributed by atoms with Crippen molar-refractivity contribution in [1.82, 2.24) is 0 Å². The Kier molecular flexibility index (Phi) is 5.14. The Morgan fingerprint density at radius 1 is 1.19 bits per heavy atom. The molecule has 0 aliphatic rings. The normalized spacial score (nSPS) is 12.9. The first-order chi connectivity index (χ1) is 7.50. The molecule has 0 amide bonds. The summed E-state index contributed by atoms with van der Waals surface area (Å²) in [5.74, 6) is 0.761. The van der Waals surface area contributed by atoms with E-state index in [-0.39, 0.29) is 0 Å². The average molecular weight is 240 g/mol. The Morgan fingerprint density at radius 2 is 1.88 bits per heavy atom. The third kappa shape index (κ3) is 4.05. The number of rotatable bonds is 5. The smallest absolute Gasteiger partial charge is 0.0640 e. The first-order valence-electron chi connectivity index (χ1n) is 6.02. The molecule has 1 rings (SSSR count). The summed E-state index contributed by atoms with van der Waals surface area (Å²) in [6.07, 6.45) is 2.43. The van der Waals surface area contributed by atoms with Gasteiger partial charge in [0.15, 0.2) is 0 Å². The van der Waals surface area contributed by atoms with Gasteiger partial charge in [-0.25, -0.2) is 0 Å². The fourth-order valence-electron chi connectivity index (χ4n) is 1.72. The van der Waals surface area contributed by atoms with Crippen molar-refractivity contribution in [3.8, 4) is 0 Å². The lowest BCUT2D eigenvalue weighted by Gasteiger charge is -2.19. The van der Waals surface area contributed by atoms with Gasteiger partial charge < -0.3 is 5.32 Å². The molecule has 16 heavy (non-hydrogen) atoms. The minimum absolute atomic E-state index is 0.473. The molecule has 0 aliphatic heterocycles. The highest BCUT2D eigenvalue weighted by atomic mass is 35.5. The number of anilines is 1. The number of nitrogens with one attached hydrogen (secondary N) is 1. The highest BCUT2D eigenvalue weighted by Crippen LogP contribution is 2.26. The van der Waals surface area contributed by atoms with Crippen LogP contribution in [-0.4, -0.2) is 6.04 Å². The van der Waals surface area contributed by atoms with Crippen molar-refractivity contribution in [3.05, 3.63) is 28.8 Å². The van der Waals surface area contributed by atoms with Crippen LogP contribution in [-0.2, 0) is 0 Å². The fourth-order valence-corrected chi connectivity index (χ4v) is 1.99. The standard InChI is InChI=1S/C14H22ClN/c1-10(2)8-9-12(4)16-14-11(3)6-5-7-13(14)15/h5-7,10,12,16H,8-9H2,1-4H3. The molecular weight excluding hydrogens is 218 g/mol. The molecule has 1 atom stereocenters. The van der Waals surface area contributed by atoms with Gasteiger partial charge in [-0.2, -0.15) is 0 Å². The molecule has 1 unspecified atom stereocenters. The highest BCUT2D eigenvalue weighted by molar-refractivity contribution is 6.33. The van der Waals surface area contributed by atoms with Gasteiger partial charge in [0.05, 0.1) is 10.7 Å². The van der Waals surface area contributed by atoms with E-state index in [0.29, 0.717) is 6.04 Å². The molecule has 0 aromatic heterocycles. The van der Waals surface area contributed by atoms with Crippen LogP contribution in [0.25, 0.3) is 0 Å². The molecule has 0 radical (unpaired) electrons. The molecule has 0 saturated heterocycles. The van der Waals surface area contributed by atoms with Crippen molar-refractivity contribution in [2.24, 2.45) is 5.92 Å². The third-order valence-corrected chi connectivity index (χ3v) is 3.10. The summed E-state index contributed by atoms with van der Waals surface area (Å²) in [6, 6.07) is 6.48. The van der Waals surface area contributed by atoms with Gasteiger partial charge in [0.25, 0.3) is 0 Å². The number of hydrogen-bond donors (Lipinski definition) is 1. The van der Waals surface area contributed by atoms with Gasteiger partial charge in [-0.15, -0.1) is 0 Å². The van der Waals surface area contributed by atoms with Gasteiger partial charge in [0, 0.05) is 6.04 Å². The quantitative estimate of drug-likeness (QED) is 0.772. The number of halogens is 1. The summed E-state index contributed by atoms with van der Waals surface area (Å²) in [4.78, 5) is 0. The second-order valence-corrected chi connectivity index (χ2v) is 5.36. The Hall–Kier alpha value is -0.690. The van der Waals surface area contributed by atoms with Gasteiger partial charge in [-0.3, -0.25) is 0 Å². The number of para-hydroxylation sites is 1. The lowest BCUT2D eigenvalue weighted by molar-refractivity contribution is 0.527. The van der Waals surface area contributed by atoms with E-state index in [1.54, 1.807) is 0 Å². The molecule has 0 fully saturated rings. The van der Waals surface area contributed by atoms with E-state index in [0.717, 1.165) is 16.6 Å². The Labute approximate surface area is 104 Å². The van der Waals surface area contributed by atoms with Crippen molar-refractivity contribution in [2.45, 2.75) is 46.6 Å². The molecule has 0 bridgehead atoms. The largest absolute Gasteiger partial charge is 0.381 e. The summed E-state index contributed by atoms with van der Waals surface area (Å²) in [6.45, 7) is 8.81. The summed E-state index contributed by atoms with van der Waals surface area (Å²) in [5.41, 5.74) is 2.30. The summed E-state index contributed by atoms with van der Waals surface area (Å²) < 4.78 is 0. The topological polar surface area (TPSA) is 12.0 Å². The first-order valence-corrected chi connectivity index (χ1v) is 6.40. The van der Waals surface area contributed by atoms with Crippen LogP contribution in [0.3, 0.4) is 0 Å². The van der Waals surface area contributed by atoms with Crippen LogP contribution in [0.15, 0.2) is 18.2 Å². The zero-order chi connectivity index (χ0) is 12.1. The minimum atomic E-state index is 0.473. The monoisotopic (exact) mass is 239 g/mol. The number of hydrogen-bond acceptors (Lipinski definition) is 1. The molecule has 0 aliphatic carbocycles. The van der Waals surface area contributed by atoms with E-state index in [9.17, 15) is 0 Å². The van der Waals surface area contributed by atoms with Gasteiger partial charge in [-0.05, 0) is 44.2 Å². The highest BCUT2D eigenvalue weighted by Gasteiger charge is 2.08. The average Bonchev–Trinajstić information content (AvgIpc) is 2.21. The summed E-state index contributed by atoms with van der Waals surface area (Å²) in [7, 11) is 0. The molecule has 90 valence electrons. The zero-order valence-corrected chi connectivity index (χ0v) is 11.4. The van der Waals surface area contributed by atoms with Crippen LogP contribution in [0.4, 0.5) is 5.69 Å². The summed E-state index contributed by atoms with van der Waals surface area (Å²) >= 11 is 6.17. The maximum absolute atomic E-state index is 6.17. The van der Waals surface area contributed by atoms with Gasteiger partial charge >= 0.3 is 0 Å². The van der Waals surface area contributed by atoms with E-state index >= 15 is 0 Å². The Bertz CT molecular complexity index is 313. The van der Waals surface area contributed by atoms with Crippen molar-refractivity contribution >= 4 is 17.3 Å². The van der Waals surface area contributed by atoms with Crippen LogP contribution in [0.1, 0.15) is 39.2 Å². The van der Waals surface area contributed by atoms with Gasteiger partial charge in [-0.1, -0.05) is 37.6 Å². The maximum atomic E-state index is 6.17. The molecule has 1 N–H and O–H groups in total. The van der Waals surface area contributed by atoms with Crippen molar-refractivity contribution < 1.29 is 0 Å². The van der Waals surface area contributed by atoms with E-state index < -0.39 is 0 Å². The van der Waals surface area contributed by atoms with Crippen molar-refractivity contribution in [3.63, 3.8) is 0 Å². The predicted molar refractivity (Wildman–Crippen MR) is 73.3 cm³/mol. The molecule has 1 aromatic rings. The van der Waals surface area contributed by atoms with Gasteiger partial charge in [0.2, 0.25) is 0 Å². The van der Waals surface area contributed by atoms with Crippen LogP contribution >= 0.6 is 11.6 Å². The van der Waals surface area contributed by atoms with E-state index in [4.69, 9.17) is 11.6 Å². The van der Waals surface area contributed by atoms with Gasteiger partial charge in [0.1, 0.15) is 0 Å². The molecule has 1 nitrogen and oxygen atoms in total. The fraction of sp³-hybridized carbons (Fsp3) is 0.571. The molecule has 0 spiro atoms. The number of benzene rings is 1. The molecule has 2 heteroatoms. The maximum Gasteiger partial charge on any atom is 0.0640 e. The third-order valence-electron chi connectivity index (χ3n) is 2.79. The molecule has 0 saturated carbocycles. The van der Waals surface area contributed by atoms with Crippen LogP contribution in [0.5, 0.6) is 0 Å². The van der Waals surface area contributed by atoms with Crippen molar-refractivity contribution in [1.29, 1.82) is 0 Å². The summed E-state index contributed by atoms with van der Waals surface area (Å²) in [5, 5.41) is 4.32. The lowest BCUT2D eigenvalue weighted by Crippen LogP contribution is -2.16. The van der Waals surface area contributed by atoms with E-state index in [2.05, 4.69) is 39.1 Å². The zero-order valence-electron chi connectivity index (χ0n) is 10.7. The predicted octanol–water partition coefficient (Wildman–Crippen LogP) is 4.89. The van der Waals surface area contributed by atoms with E-state index in [1.807, 2.05) is 12.1 Å². The number of aryl methyl sites for hydroxylation is 1. The van der Waals surface area contributed by atoms with Crippen LogP contribution in [0, 0.1) is 12.8 Å². The Morgan fingerprint density at radius 3 is 2.44 bits per heavy atom. The molecule has 1 aromatic carbocycles. The molecular formula is C14H22ClN.